The lowest BCUT2D eigenvalue weighted by molar-refractivity contribution is -0.111. The highest BCUT2D eigenvalue weighted by atomic mass is 16.1. The van der Waals surface area contributed by atoms with Crippen LogP contribution in [0.25, 0.3) is 6.08 Å². The van der Waals surface area contributed by atoms with Crippen LogP contribution in [0.1, 0.15) is 11.1 Å². The summed E-state index contributed by atoms with van der Waals surface area (Å²) in [7, 11) is 2.17. The van der Waals surface area contributed by atoms with Crippen LogP contribution in [0.15, 0.2) is 60.7 Å². The largest absolute Gasteiger partial charge is 0.323 e. The van der Waals surface area contributed by atoms with Gasteiger partial charge in [-0.05, 0) is 36.4 Å². The van der Waals surface area contributed by atoms with E-state index in [1.54, 1.807) is 6.08 Å². The second-order valence-corrected chi connectivity index (χ2v) is 6.51. The number of amides is 1. The summed E-state index contributed by atoms with van der Waals surface area (Å²) in [5.74, 6) is -0.115. The van der Waals surface area contributed by atoms with E-state index >= 15 is 0 Å². The Hall–Kier alpha value is -2.43. The highest BCUT2D eigenvalue weighted by molar-refractivity contribution is 6.01. The van der Waals surface area contributed by atoms with Crippen molar-refractivity contribution in [2.45, 2.75) is 6.54 Å². The lowest BCUT2D eigenvalue weighted by atomic mass is 10.1. The summed E-state index contributed by atoms with van der Waals surface area (Å²) >= 11 is 0. The number of nitrogens with one attached hydrogen (secondary N) is 1. The quantitative estimate of drug-likeness (QED) is 0.853. The molecule has 1 N–H and O–H groups in total. The summed E-state index contributed by atoms with van der Waals surface area (Å²) in [6.07, 6.45) is 3.38. The molecule has 4 heteroatoms. The molecule has 0 saturated carbocycles. The van der Waals surface area contributed by atoms with E-state index in [-0.39, 0.29) is 5.91 Å². The number of anilines is 1. The molecule has 130 valence electrons. The van der Waals surface area contributed by atoms with Gasteiger partial charge in [-0.15, -0.1) is 0 Å². The van der Waals surface area contributed by atoms with Crippen molar-refractivity contribution in [2.24, 2.45) is 0 Å². The molecule has 4 nitrogen and oxygen atoms in total. The molecule has 1 heterocycles. The van der Waals surface area contributed by atoms with Gasteiger partial charge in [-0.1, -0.05) is 42.5 Å². The molecule has 0 bridgehead atoms. The summed E-state index contributed by atoms with van der Waals surface area (Å²) in [5.41, 5.74) is 3.12. The zero-order chi connectivity index (χ0) is 17.5. The highest BCUT2D eigenvalue weighted by Crippen LogP contribution is 2.13. The fraction of sp³-hybridized carbons (Fsp3) is 0.286. The van der Waals surface area contributed by atoms with Gasteiger partial charge in [0.05, 0.1) is 0 Å². The Bertz CT molecular complexity index is 702. The van der Waals surface area contributed by atoms with Gasteiger partial charge in [0, 0.05) is 44.5 Å². The Morgan fingerprint density at radius 2 is 1.68 bits per heavy atom. The van der Waals surface area contributed by atoms with Crippen LogP contribution in [-0.2, 0) is 11.3 Å². The average Bonchev–Trinajstić information content (AvgIpc) is 2.64. The van der Waals surface area contributed by atoms with Gasteiger partial charge in [0.25, 0.3) is 0 Å². The predicted octanol–water partition coefficient (Wildman–Crippen LogP) is 3.09. The Morgan fingerprint density at radius 1 is 1.00 bits per heavy atom. The van der Waals surface area contributed by atoms with E-state index in [9.17, 15) is 4.79 Å². The van der Waals surface area contributed by atoms with Gasteiger partial charge in [-0.25, -0.2) is 0 Å². The monoisotopic (exact) mass is 335 g/mol. The predicted molar refractivity (Wildman–Crippen MR) is 103 cm³/mol. The van der Waals surface area contributed by atoms with Gasteiger partial charge < -0.3 is 10.2 Å². The molecule has 1 aliphatic rings. The second kappa shape index (κ2) is 8.60. The van der Waals surface area contributed by atoms with Gasteiger partial charge in [0.2, 0.25) is 5.91 Å². The molecule has 0 unspecified atom stereocenters. The molecule has 0 radical (unpaired) electrons. The van der Waals surface area contributed by atoms with Crippen LogP contribution >= 0.6 is 0 Å². The van der Waals surface area contributed by atoms with Crippen LogP contribution in [0.5, 0.6) is 0 Å². The van der Waals surface area contributed by atoms with Crippen molar-refractivity contribution in [3.8, 4) is 0 Å². The average molecular weight is 335 g/mol. The van der Waals surface area contributed by atoms with Gasteiger partial charge >= 0.3 is 0 Å². The third-order valence-electron chi connectivity index (χ3n) is 4.45. The van der Waals surface area contributed by atoms with E-state index < -0.39 is 0 Å². The van der Waals surface area contributed by atoms with Crippen molar-refractivity contribution in [3.63, 3.8) is 0 Å². The molecule has 0 atom stereocenters. The summed E-state index contributed by atoms with van der Waals surface area (Å²) in [6, 6.07) is 17.9. The molecule has 3 rings (SSSR count). The van der Waals surface area contributed by atoms with E-state index in [1.165, 1.54) is 5.56 Å². The number of rotatable bonds is 5. The number of benzene rings is 2. The molecule has 1 fully saturated rings. The van der Waals surface area contributed by atoms with Crippen molar-refractivity contribution in [3.05, 3.63) is 71.8 Å². The van der Waals surface area contributed by atoms with Crippen molar-refractivity contribution in [2.75, 3.05) is 38.5 Å². The minimum absolute atomic E-state index is 0.115. The van der Waals surface area contributed by atoms with Crippen LogP contribution in [0, 0.1) is 0 Å². The smallest absolute Gasteiger partial charge is 0.248 e. The molecule has 1 saturated heterocycles. The minimum Gasteiger partial charge on any atom is -0.323 e. The number of piperazine rings is 1. The third kappa shape index (κ3) is 5.55. The van der Waals surface area contributed by atoms with Gasteiger partial charge in [0.1, 0.15) is 0 Å². The maximum absolute atomic E-state index is 12.0. The molecule has 2 aromatic rings. The van der Waals surface area contributed by atoms with Crippen molar-refractivity contribution in [1.29, 1.82) is 0 Å². The van der Waals surface area contributed by atoms with Gasteiger partial charge in [-0.2, -0.15) is 0 Å². The molecule has 25 heavy (non-hydrogen) atoms. The summed E-state index contributed by atoms with van der Waals surface area (Å²) in [4.78, 5) is 16.8. The van der Waals surface area contributed by atoms with Crippen molar-refractivity contribution >= 4 is 17.7 Å². The van der Waals surface area contributed by atoms with Crippen LogP contribution in [0.4, 0.5) is 5.69 Å². The SMILES string of the molecule is CN1CCN(Cc2ccc(NC(=O)/C=C\c3ccccc3)cc2)CC1. The summed E-state index contributed by atoms with van der Waals surface area (Å²) < 4.78 is 0. The Morgan fingerprint density at radius 3 is 2.36 bits per heavy atom. The Kier molecular flexibility index (Phi) is 5.99. The number of hydrogen-bond acceptors (Lipinski definition) is 3. The fourth-order valence-corrected chi connectivity index (χ4v) is 2.88. The molecule has 1 amide bonds. The molecular formula is C21H25N3O. The standard InChI is InChI=1S/C21H25N3O/c1-23-13-15-24(16-14-23)17-19-7-10-20(11-8-19)22-21(25)12-9-18-5-3-2-4-6-18/h2-12H,13-17H2,1H3,(H,22,25)/b12-9-. The highest BCUT2D eigenvalue weighted by Gasteiger charge is 2.13. The van der Waals surface area contributed by atoms with Crippen LogP contribution in [0.2, 0.25) is 0 Å². The fourth-order valence-electron chi connectivity index (χ4n) is 2.88. The molecule has 0 aromatic heterocycles. The molecular weight excluding hydrogens is 310 g/mol. The first-order valence-electron chi connectivity index (χ1n) is 8.73. The maximum atomic E-state index is 12.0. The van der Waals surface area contributed by atoms with Crippen LogP contribution < -0.4 is 5.32 Å². The number of hydrogen-bond donors (Lipinski definition) is 1. The van der Waals surface area contributed by atoms with Gasteiger partial charge in [0.15, 0.2) is 0 Å². The van der Waals surface area contributed by atoms with E-state index in [0.717, 1.165) is 44.0 Å². The zero-order valence-corrected chi connectivity index (χ0v) is 14.7. The Balaban J connectivity index is 1.50. The van der Waals surface area contributed by atoms with Crippen LogP contribution in [0.3, 0.4) is 0 Å². The van der Waals surface area contributed by atoms with Crippen molar-refractivity contribution in [1.82, 2.24) is 9.80 Å². The number of nitrogens with zero attached hydrogens (tertiary/aromatic N) is 2. The van der Waals surface area contributed by atoms with E-state index in [0.29, 0.717) is 0 Å². The number of likely N-dealkylation sites (N-methyl/N-ethyl adjacent to an activating group) is 1. The summed E-state index contributed by atoms with van der Waals surface area (Å²) in [6.45, 7) is 5.44. The van der Waals surface area contributed by atoms with Gasteiger partial charge in [-0.3, -0.25) is 9.69 Å². The molecule has 0 aliphatic carbocycles. The summed E-state index contributed by atoms with van der Waals surface area (Å²) in [5, 5.41) is 2.90. The first-order chi connectivity index (χ1) is 12.2. The number of carbonyl (C=O) groups excluding carboxylic acids is 1. The van der Waals surface area contributed by atoms with Crippen molar-refractivity contribution < 1.29 is 4.79 Å². The molecule has 2 aromatic carbocycles. The van der Waals surface area contributed by atoms with E-state index in [1.807, 2.05) is 48.5 Å². The van der Waals surface area contributed by atoms with E-state index in [4.69, 9.17) is 0 Å². The zero-order valence-electron chi connectivity index (χ0n) is 14.7. The Labute approximate surface area is 149 Å². The maximum Gasteiger partial charge on any atom is 0.248 e. The topological polar surface area (TPSA) is 35.6 Å². The van der Waals surface area contributed by atoms with Crippen LogP contribution in [-0.4, -0.2) is 48.9 Å². The lowest BCUT2D eigenvalue weighted by Gasteiger charge is -2.32. The van der Waals surface area contributed by atoms with E-state index in [2.05, 4.69) is 34.3 Å². The molecule has 0 spiro atoms. The minimum atomic E-state index is -0.115. The second-order valence-electron chi connectivity index (χ2n) is 6.51. The first-order valence-corrected chi connectivity index (χ1v) is 8.73. The normalized spacial score (nSPS) is 16.2. The molecule has 1 aliphatic heterocycles. The number of carbonyl (C=O) groups is 1. The third-order valence-corrected chi connectivity index (χ3v) is 4.45. The first kappa shape index (κ1) is 17.4. The lowest BCUT2D eigenvalue weighted by Crippen LogP contribution is -2.43.